The van der Waals surface area contributed by atoms with Crippen LogP contribution in [0, 0.1) is 75.4 Å². The van der Waals surface area contributed by atoms with Crippen LogP contribution in [0.5, 0.6) is 0 Å². The van der Waals surface area contributed by atoms with E-state index in [0.29, 0.717) is 31.2 Å². The molecule has 0 spiro atoms. The molecule has 16 atom stereocenters. The van der Waals surface area contributed by atoms with Gasteiger partial charge in [-0.15, -0.1) is 0 Å². The number of carbonyl (C=O) groups excluding carboxylic acids is 1. The molecule has 12 heteroatoms. The second-order valence-corrected chi connectivity index (χ2v) is 26.6. The van der Waals surface area contributed by atoms with Gasteiger partial charge in [-0.25, -0.2) is 4.98 Å². The number of carbonyl (C=O) groups is 1. The highest BCUT2D eigenvalue weighted by Crippen LogP contribution is 2.75. The minimum absolute atomic E-state index is 0.00545. The number of allylic oxidation sites excluding steroid dienone is 3. The van der Waals surface area contributed by atoms with E-state index < -0.39 is 40.7 Å². The van der Waals surface area contributed by atoms with Crippen LogP contribution in [0.2, 0.25) is 0 Å². The van der Waals surface area contributed by atoms with Crippen molar-refractivity contribution in [1.29, 1.82) is 0 Å². The van der Waals surface area contributed by atoms with Gasteiger partial charge in [-0.2, -0.15) is 0 Å². The number of imidazole rings is 1. The fraction of sp³-hybridized carbons (Fsp3) is 0.792. The second-order valence-electron chi connectivity index (χ2n) is 24.0. The number of hydrogen-bond donors (Lipinski definition) is 6. The van der Waals surface area contributed by atoms with E-state index in [0.717, 1.165) is 87.7 Å². The average Bonchev–Trinajstić information content (AvgIpc) is 3.91. The van der Waals surface area contributed by atoms with Crippen LogP contribution in [0.4, 0.5) is 0 Å². The standard InChI is InChI=1S/C53H77N5O5S2/c1-50(2)23-33(58-17-16-56-28-58)27-65-64-26-32-19-38(37-18-29-10-9-15-35-34-13-7-8-14-36(34)47(50)45(44(29)35)48(37)62)51(3)22-30(25-57-49(54)55)46-40(53(32,51)63)21-41(59)39-20-42(60)43(61)24-52(39,46)31-11-5-4-6-12-31/h16-17,21,28-34,37-39,42-43,45-46,48,60-63H,4-15,18-20,22-27H2,1-3H3,(H4,54,55,57). The van der Waals surface area contributed by atoms with Crippen LogP contribution in [0.15, 0.2) is 57.7 Å². The third kappa shape index (κ3) is 6.87. The molecule has 0 aromatic carbocycles. The molecule has 0 radical (unpaired) electrons. The van der Waals surface area contributed by atoms with E-state index in [1.54, 1.807) is 16.7 Å². The van der Waals surface area contributed by atoms with Gasteiger partial charge in [0.25, 0.3) is 0 Å². The zero-order valence-corrected chi connectivity index (χ0v) is 40.9. The zero-order chi connectivity index (χ0) is 45.2. The molecular weight excluding hydrogens is 851 g/mol. The van der Waals surface area contributed by atoms with Crippen molar-refractivity contribution in [2.24, 2.45) is 91.9 Å². The van der Waals surface area contributed by atoms with Gasteiger partial charge in [0.1, 0.15) is 0 Å². The first-order valence-corrected chi connectivity index (χ1v) is 28.4. The summed E-state index contributed by atoms with van der Waals surface area (Å²) < 4.78 is 2.32. The number of nitrogens with zero attached hydrogens (tertiary/aromatic N) is 3. The highest BCUT2D eigenvalue weighted by atomic mass is 33.1. The van der Waals surface area contributed by atoms with Crippen molar-refractivity contribution in [2.45, 2.75) is 166 Å². The molecule has 4 bridgehead atoms. The molecule has 11 rings (SSSR count). The molecule has 356 valence electrons. The first-order valence-electron chi connectivity index (χ1n) is 25.9. The lowest BCUT2D eigenvalue weighted by Gasteiger charge is -2.66. The molecule has 65 heavy (non-hydrogen) atoms. The van der Waals surface area contributed by atoms with Crippen LogP contribution >= 0.6 is 21.6 Å². The molecule has 7 fully saturated rings. The highest BCUT2D eigenvalue weighted by molar-refractivity contribution is 8.76. The van der Waals surface area contributed by atoms with Crippen LogP contribution in [0.25, 0.3) is 0 Å². The summed E-state index contributed by atoms with van der Waals surface area (Å²) in [4.78, 5) is 24.5. The highest BCUT2D eigenvalue weighted by Gasteiger charge is 2.74. The summed E-state index contributed by atoms with van der Waals surface area (Å²) in [6, 6.07) is 0.205. The van der Waals surface area contributed by atoms with Gasteiger partial charge in [0.05, 0.1) is 30.2 Å². The van der Waals surface area contributed by atoms with Gasteiger partial charge < -0.3 is 36.5 Å². The van der Waals surface area contributed by atoms with Crippen LogP contribution in [-0.2, 0) is 4.79 Å². The topological polar surface area (TPSA) is 180 Å². The quantitative estimate of drug-likeness (QED) is 0.0745. The van der Waals surface area contributed by atoms with E-state index in [4.69, 9.17) is 16.5 Å². The summed E-state index contributed by atoms with van der Waals surface area (Å²) in [5, 5.41) is 51.4. The first kappa shape index (κ1) is 45.4. The minimum atomic E-state index is -1.33. The van der Waals surface area contributed by atoms with Gasteiger partial charge in [-0.3, -0.25) is 9.79 Å². The van der Waals surface area contributed by atoms with Crippen molar-refractivity contribution >= 4 is 33.3 Å². The number of aliphatic imine (C=N–C) groups is 1. The fourth-order valence-electron chi connectivity index (χ4n) is 18.5. The van der Waals surface area contributed by atoms with Crippen molar-refractivity contribution in [3.63, 3.8) is 0 Å². The smallest absolute Gasteiger partial charge is 0.185 e. The first-order chi connectivity index (χ1) is 31.2. The molecule has 9 aliphatic carbocycles. The van der Waals surface area contributed by atoms with Crippen LogP contribution in [0.3, 0.4) is 0 Å². The third-order valence-corrected chi connectivity index (χ3v) is 23.2. The molecule has 1 aromatic heterocycles. The number of aliphatic hydroxyl groups excluding tert-OH is 3. The number of hydrogen-bond acceptors (Lipinski definition) is 9. The van der Waals surface area contributed by atoms with Gasteiger partial charge in [0, 0.05) is 65.6 Å². The molecule has 1 saturated heterocycles. The Hall–Kier alpha value is -2.09. The van der Waals surface area contributed by atoms with E-state index in [2.05, 4.69) is 36.5 Å². The molecule has 1 aliphatic heterocycles. The van der Waals surface area contributed by atoms with E-state index in [1.807, 2.05) is 40.2 Å². The average molecular weight is 928 g/mol. The second kappa shape index (κ2) is 16.8. The monoisotopic (exact) mass is 928 g/mol. The summed E-state index contributed by atoms with van der Waals surface area (Å²) in [6.07, 6.45) is 22.9. The maximum atomic E-state index is 15.2. The summed E-state index contributed by atoms with van der Waals surface area (Å²) in [7, 11) is 3.79. The lowest BCUT2D eigenvalue weighted by atomic mass is 9.39. The Morgan fingerprint density at radius 3 is 2.42 bits per heavy atom. The van der Waals surface area contributed by atoms with E-state index in [-0.39, 0.29) is 71.0 Å². The largest absolute Gasteiger partial charge is 0.392 e. The van der Waals surface area contributed by atoms with Crippen molar-refractivity contribution in [3.8, 4) is 0 Å². The number of fused-ring (bicyclic) bond motifs is 13. The third-order valence-electron chi connectivity index (χ3n) is 20.7. The van der Waals surface area contributed by atoms with Crippen molar-refractivity contribution in [3.05, 3.63) is 52.7 Å². The molecule has 10 aliphatic rings. The van der Waals surface area contributed by atoms with Gasteiger partial charge in [0.2, 0.25) is 0 Å². The molecule has 2 heterocycles. The van der Waals surface area contributed by atoms with E-state index >= 15 is 4.79 Å². The Kier molecular flexibility index (Phi) is 11.7. The number of rotatable bonds is 4. The van der Waals surface area contributed by atoms with Crippen LogP contribution < -0.4 is 11.5 Å². The number of guanidine groups is 1. The van der Waals surface area contributed by atoms with E-state index in [9.17, 15) is 20.4 Å². The normalized spacial score (nSPS) is 46.2. The number of nitrogens with two attached hydrogens (primary N) is 2. The van der Waals surface area contributed by atoms with Crippen molar-refractivity contribution < 1.29 is 25.2 Å². The molecule has 6 saturated carbocycles. The Balaban J connectivity index is 1.10. The molecule has 10 nitrogen and oxygen atoms in total. The van der Waals surface area contributed by atoms with E-state index in [1.165, 1.54) is 31.3 Å². The van der Waals surface area contributed by atoms with Crippen molar-refractivity contribution in [1.82, 2.24) is 9.55 Å². The lowest BCUT2D eigenvalue weighted by molar-refractivity contribution is -0.189. The number of aromatic nitrogens is 2. The van der Waals surface area contributed by atoms with Gasteiger partial charge in [-0.05, 0) is 148 Å². The maximum Gasteiger partial charge on any atom is 0.185 e. The summed E-state index contributed by atoms with van der Waals surface area (Å²) >= 11 is 0. The van der Waals surface area contributed by atoms with Gasteiger partial charge in [0.15, 0.2) is 11.7 Å². The Morgan fingerprint density at radius 1 is 0.877 bits per heavy atom. The van der Waals surface area contributed by atoms with Gasteiger partial charge in [-0.1, -0.05) is 90.3 Å². The minimum Gasteiger partial charge on any atom is -0.392 e. The Labute approximate surface area is 395 Å². The summed E-state index contributed by atoms with van der Waals surface area (Å²) in [6.45, 7) is 7.68. The zero-order valence-electron chi connectivity index (χ0n) is 39.3. The predicted molar refractivity (Wildman–Crippen MR) is 259 cm³/mol. The van der Waals surface area contributed by atoms with Crippen LogP contribution in [-0.4, -0.2) is 83.7 Å². The SMILES string of the molecule is CC1(C)CC(n2ccnc2)CSSCC2CC(C3CC4CCCC5=C4C(C1=C1CCCCC51)C3O)C1(C)CC(CN=C(N)N)C3C(=CC(=O)C4CC(O)C(O)CC43C3CCCCC3)C21O. The molecular formula is C53H77N5O5S2. The number of aliphatic hydroxyl groups is 4. The number of ketones is 1. The Bertz CT molecular complexity index is 2140. The molecule has 1 aromatic rings. The molecule has 16 unspecified atom stereocenters. The Morgan fingerprint density at radius 2 is 1.65 bits per heavy atom. The fourth-order valence-corrected chi connectivity index (χ4v) is 21.2. The van der Waals surface area contributed by atoms with Gasteiger partial charge >= 0.3 is 0 Å². The molecule has 8 N–H and O–H groups in total. The molecule has 0 amide bonds. The predicted octanol–water partition coefficient (Wildman–Crippen LogP) is 8.32. The van der Waals surface area contributed by atoms with Crippen LogP contribution in [0.1, 0.15) is 142 Å². The maximum absolute atomic E-state index is 15.2. The summed E-state index contributed by atoms with van der Waals surface area (Å²) in [5.41, 5.74) is 16.9. The summed E-state index contributed by atoms with van der Waals surface area (Å²) in [5.74, 6) is 1.81. The van der Waals surface area contributed by atoms with Crippen molar-refractivity contribution in [2.75, 3.05) is 18.1 Å². The lowest BCUT2D eigenvalue weighted by Crippen LogP contribution is -2.67.